The first-order chi connectivity index (χ1) is 6.97. The topological polar surface area (TPSA) is 12.0 Å². The van der Waals surface area contributed by atoms with Gasteiger partial charge in [-0.25, -0.2) is 0 Å². The van der Waals surface area contributed by atoms with E-state index < -0.39 is 8.07 Å². The molecule has 1 N–H and O–H groups in total. The first kappa shape index (κ1) is 11.9. The van der Waals surface area contributed by atoms with Crippen molar-refractivity contribution in [2.45, 2.75) is 32.6 Å². The van der Waals surface area contributed by atoms with Gasteiger partial charge in [0.05, 0.1) is 6.04 Å². The molecule has 80 valence electrons. The Morgan fingerprint density at radius 1 is 1.13 bits per heavy atom. The van der Waals surface area contributed by atoms with Crippen molar-refractivity contribution >= 4 is 13.8 Å². The molecule has 0 fully saturated rings. The van der Waals surface area contributed by atoms with Crippen LogP contribution in [0.15, 0.2) is 30.3 Å². The second-order valence-electron chi connectivity index (χ2n) is 4.75. The van der Waals surface area contributed by atoms with E-state index in [1.807, 2.05) is 18.2 Å². The summed E-state index contributed by atoms with van der Waals surface area (Å²) in [6.07, 6.45) is 0. The summed E-state index contributed by atoms with van der Waals surface area (Å²) in [6.45, 7) is 8.87. The first-order valence-corrected chi connectivity index (χ1v) is 8.82. The summed E-state index contributed by atoms with van der Waals surface area (Å²) in [5.74, 6) is 3.27. The van der Waals surface area contributed by atoms with Crippen molar-refractivity contribution in [1.82, 2.24) is 0 Å². The molecule has 0 amide bonds. The van der Waals surface area contributed by atoms with Crippen LogP contribution in [0.25, 0.3) is 0 Å². The molecular formula is C13H19NSi. The van der Waals surface area contributed by atoms with Gasteiger partial charge in [-0.3, -0.25) is 0 Å². The van der Waals surface area contributed by atoms with Crippen LogP contribution in [0.5, 0.6) is 0 Å². The predicted octanol–water partition coefficient (Wildman–Crippen LogP) is 3.37. The standard InChI is InChI=1S/C13H19NSi/c1-12(10-11-15(2,3)4)14-13-8-6-5-7-9-13/h5-9,12,14H,1-4H3/t12-/m1/s1. The third-order valence-electron chi connectivity index (χ3n) is 1.82. The molecule has 0 aliphatic rings. The fraction of sp³-hybridized carbons (Fsp3) is 0.385. The van der Waals surface area contributed by atoms with E-state index in [1.165, 1.54) is 0 Å². The number of hydrogen-bond acceptors (Lipinski definition) is 1. The highest BCUT2D eigenvalue weighted by Gasteiger charge is 2.08. The molecule has 1 nitrogen and oxygen atoms in total. The normalized spacial score (nSPS) is 12.5. The zero-order valence-corrected chi connectivity index (χ0v) is 11.0. The molecule has 0 unspecified atom stereocenters. The van der Waals surface area contributed by atoms with Crippen molar-refractivity contribution in [3.8, 4) is 11.5 Å². The van der Waals surface area contributed by atoms with Gasteiger partial charge in [0, 0.05) is 5.69 Å². The van der Waals surface area contributed by atoms with Gasteiger partial charge in [-0.1, -0.05) is 43.8 Å². The summed E-state index contributed by atoms with van der Waals surface area (Å²) in [7, 11) is -1.24. The van der Waals surface area contributed by atoms with Crippen LogP contribution in [0.1, 0.15) is 6.92 Å². The van der Waals surface area contributed by atoms with Crippen molar-refractivity contribution in [3.05, 3.63) is 30.3 Å². The van der Waals surface area contributed by atoms with E-state index in [-0.39, 0.29) is 6.04 Å². The fourth-order valence-electron chi connectivity index (χ4n) is 1.15. The number of nitrogens with one attached hydrogen (secondary N) is 1. The lowest BCUT2D eigenvalue weighted by Crippen LogP contribution is -2.19. The van der Waals surface area contributed by atoms with Gasteiger partial charge in [-0.2, -0.15) is 0 Å². The predicted molar refractivity (Wildman–Crippen MR) is 70.6 cm³/mol. The molecule has 0 aliphatic carbocycles. The van der Waals surface area contributed by atoms with Crippen LogP contribution in [0.3, 0.4) is 0 Å². The quantitative estimate of drug-likeness (QED) is 0.591. The van der Waals surface area contributed by atoms with E-state index in [9.17, 15) is 0 Å². The van der Waals surface area contributed by atoms with Crippen molar-refractivity contribution in [2.75, 3.05) is 5.32 Å². The lowest BCUT2D eigenvalue weighted by Gasteiger charge is -2.10. The monoisotopic (exact) mass is 217 g/mol. The summed E-state index contributed by atoms with van der Waals surface area (Å²) in [4.78, 5) is 0. The molecule has 0 bridgehead atoms. The van der Waals surface area contributed by atoms with E-state index >= 15 is 0 Å². The molecule has 1 aromatic rings. The molecule has 0 saturated heterocycles. The van der Waals surface area contributed by atoms with Gasteiger partial charge in [0.15, 0.2) is 0 Å². The largest absolute Gasteiger partial charge is 0.372 e. The molecule has 0 heterocycles. The van der Waals surface area contributed by atoms with Crippen LogP contribution in [-0.2, 0) is 0 Å². The van der Waals surface area contributed by atoms with Gasteiger partial charge >= 0.3 is 0 Å². The van der Waals surface area contributed by atoms with Gasteiger partial charge in [0.2, 0.25) is 0 Å². The number of anilines is 1. The maximum Gasteiger partial charge on any atom is 0.129 e. The highest BCUT2D eigenvalue weighted by atomic mass is 28.3. The fourth-order valence-corrected chi connectivity index (χ4v) is 1.79. The highest BCUT2D eigenvalue weighted by Crippen LogP contribution is 2.06. The van der Waals surface area contributed by atoms with E-state index in [0.29, 0.717) is 0 Å². The maximum atomic E-state index is 3.37. The third kappa shape index (κ3) is 5.29. The molecule has 0 aromatic heterocycles. The van der Waals surface area contributed by atoms with Crippen molar-refractivity contribution in [1.29, 1.82) is 0 Å². The molecule has 1 atom stereocenters. The molecule has 0 saturated carbocycles. The number of rotatable bonds is 2. The lowest BCUT2D eigenvalue weighted by molar-refractivity contribution is 1.03. The Bertz CT molecular complexity index is 354. The van der Waals surface area contributed by atoms with Gasteiger partial charge in [0.1, 0.15) is 8.07 Å². The first-order valence-electron chi connectivity index (χ1n) is 5.32. The summed E-state index contributed by atoms with van der Waals surface area (Å²) in [6, 6.07) is 10.4. The smallest absolute Gasteiger partial charge is 0.129 e. The SMILES string of the molecule is C[C@H](C#C[Si](C)(C)C)Nc1ccccc1. The zero-order valence-electron chi connectivity index (χ0n) is 9.96. The van der Waals surface area contributed by atoms with E-state index in [4.69, 9.17) is 0 Å². The molecule has 0 radical (unpaired) electrons. The van der Waals surface area contributed by atoms with E-state index in [2.05, 4.69) is 55.5 Å². The van der Waals surface area contributed by atoms with E-state index in [0.717, 1.165) is 5.69 Å². The van der Waals surface area contributed by atoms with Gasteiger partial charge in [0.25, 0.3) is 0 Å². The van der Waals surface area contributed by atoms with Crippen LogP contribution in [0, 0.1) is 11.5 Å². The Kier molecular flexibility index (Phi) is 3.99. The minimum Gasteiger partial charge on any atom is -0.372 e. The van der Waals surface area contributed by atoms with Crippen LogP contribution in [0.4, 0.5) is 5.69 Å². The Hall–Kier alpha value is -1.20. The second kappa shape index (κ2) is 5.04. The van der Waals surface area contributed by atoms with E-state index in [1.54, 1.807) is 0 Å². The molecule has 2 heteroatoms. The van der Waals surface area contributed by atoms with Crippen molar-refractivity contribution in [2.24, 2.45) is 0 Å². The zero-order chi connectivity index (χ0) is 11.3. The van der Waals surface area contributed by atoms with Crippen molar-refractivity contribution in [3.63, 3.8) is 0 Å². The molecule has 0 spiro atoms. The molecule has 0 aliphatic heterocycles. The lowest BCUT2D eigenvalue weighted by atomic mass is 10.3. The average molecular weight is 217 g/mol. The molecular weight excluding hydrogens is 198 g/mol. The van der Waals surface area contributed by atoms with Crippen LogP contribution < -0.4 is 5.32 Å². The second-order valence-corrected chi connectivity index (χ2v) is 9.50. The molecule has 15 heavy (non-hydrogen) atoms. The summed E-state index contributed by atoms with van der Waals surface area (Å²) in [5, 5.41) is 3.36. The van der Waals surface area contributed by atoms with Gasteiger partial charge < -0.3 is 5.32 Å². The minimum atomic E-state index is -1.24. The Labute approximate surface area is 93.9 Å². The average Bonchev–Trinajstić information content (AvgIpc) is 2.15. The minimum absolute atomic E-state index is 0.221. The highest BCUT2D eigenvalue weighted by molar-refractivity contribution is 6.83. The Morgan fingerprint density at radius 2 is 1.73 bits per heavy atom. The molecule has 1 rings (SSSR count). The third-order valence-corrected chi connectivity index (χ3v) is 2.71. The maximum absolute atomic E-state index is 3.37. The van der Waals surface area contributed by atoms with Crippen LogP contribution >= 0.6 is 0 Å². The van der Waals surface area contributed by atoms with Crippen molar-refractivity contribution < 1.29 is 0 Å². The summed E-state index contributed by atoms with van der Waals surface area (Å²) < 4.78 is 0. The van der Waals surface area contributed by atoms with Gasteiger partial charge in [-0.05, 0) is 19.1 Å². The van der Waals surface area contributed by atoms with Gasteiger partial charge in [-0.15, -0.1) is 5.54 Å². The summed E-state index contributed by atoms with van der Waals surface area (Å²) in [5.41, 5.74) is 4.50. The molecule has 1 aromatic carbocycles. The van der Waals surface area contributed by atoms with Crippen LogP contribution in [0.2, 0.25) is 19.6 Å². The number of hydrogen-bond donors (Lipinski definition) is 1. The Morgan fingerprint density at radius 3 is 2.27 bits per heavy atom. The Balaban J connectivity index is 2.56. The van der Waals surface area contributed by atoms with Crippen LogP contribution in [-0.4, -0.2) is 14.1 Å². The summed E-state index contributed by atoms with van der Waals surface area (Å²) >= 11 is 0. The number of benzene rings is 1. The number of para-hydroxylation sites is 1.